The van der Waals surface area contributed by atoms with Gasteiger partial charge in [-0.1, -0.05) is 44.2 Å². The summed E-state index contributed by atoms with van der Waals surface area (Å²) in [7, 11) is 0. The normalized spacial score (nSPS) is 13.0. The van der Waals surface area contributed by atoms with Gasteiger partial charge in [0.15, 0.2) is 0 Å². The van der Waals surface area contributed by atoms with Crippen molar-refractivity contribution in [2.75, 3.05) is 6.61 Å². The van der Waals surface area contributed by atoms with E-state index in [2.05, 4.69) is 5.32 Å². The standard InChI is InChI=1S/C18H27NO4.ClH/c1-4-23-18(22)15(11-10-14-8-6-5-7-9-14)19-16(17(20)21)12-13(2)3;/h5-9,13,15-16,19H,4,10-12H2,1-3H3,(H,20,21);1H/t15-,16+;/m1./s1. The molecule has 136 valence electrons. The van der Waals surface area contributed by atoms with Crippen molar-refractivity contribution in [2.24, 2.45) is 5.92 Å². The molecule has 0 saturated heterocycles. The van der Waals surface area contributed by atoms with Gasteiger partial charge in [-0.05, 0) is 37.7 Å². The molecule has 1 aromatic rings. The first kappa shape index (κ1) is 22.4. The third-order valence-electron chi connectivity index (χ3n) is 3.54. The number of ether oxygens (including phenoxy) is 1. The smallest absolute Gasteiger partial charge is 0.323 e. The molecule has 0 radical (unpaired) electrons. The lowest BCUT2D eigenvalue weighted by Gasteiger charge is -2.23. The highest BCUT2D eigenvalue weighted by Crippen LogP contribution is 2.11. The summed E-state index contributed by atoms with van der Waals surface area (Å²) in [5, 5.41) is 12.3. The summed E-state index contributed by atoms with van der Waals surface area (Å²) in [4.78, 5) is 23.5. The molecule has 0 amide bonds. The van der Waals surface area contributed by atoms with Crippen LogP contribution >= 0.6 is 12.4 Å². The molecule has 1 aromatic carbocycles. The van der Waals surface area contributed by atoms with Crippen molar-refractivity contribution >= 4 is 24.3 Å². The molecule has 2 atom stereocenters. The third-order valence-corrected chi connectivity index (χ3v) is 3.54. The maximum Gasteiger partial charge on any atom is 0.323 e. The average Bonchev–Trinajstić information content (AvgIpc) is 2.50. The highest BCUT2D eigenvalue weighted by atomic mass is 35.5. The number of esters is 1. The van der Waals surface area contributed by atoms with Crippen LogP contribution in [0.25, 0.3) is 0 Å². The van der Waals surface area contributed by atoms with Crippen LogP contribution in [0.5, 0.6) is 0 Å². The Kier molecular flexibility index (Phi) is 11.1. The van der Waals surface area contributed by atoms with E-state index >= 15 is 0 Å². The molecule has 0 aliphatic heterocycles. The topological polar surface area (TPSA) is 75.6 Å². The summed E-state index contributed by atoms with van der Waals surface area (Å²) in [6.45, 7) is 5.95. The second-order valence-corrected chi connectivity index (χ2v) is 6.02. The number of halogens is 1. The number of carboxylic acids is 1. The molecule has 6 heteroatoms. The van der Waals surface area contributed by atoms with E-state index in [1.54, 1.807) is 6.92 Å². The lowest BCUT2D eigenvalue weighted by atomic mass is 10.0. The second-order valence-electron chi connectivity index (χ2n) is 6.02. The monoisotopic (exact) mass is 357 g/mol. The summed E-state index contributed by atoms with van der Waals surface area (Å²) in [6, 6.07) is 8.45. The van der Waals surface area contributed by atoms with Crippen molar-refractivity contribution in [3.05, 3.63) is 35.9 Å². The van der Waals surface area contributed by atoms with E-state index < -0.39 is 24.0 Å². The number of rotatable bonds is 10. The molecule has 0 bridgehead atoms. The Balaban J connectivity index is 0.00000529. The molecule has 0 saturated carbocycles. The summed E-state index contributed by atoms with van der Waals surface area (Å²) in [6.07, 6.45) is 1.66. The zero-order valence-corrected chi connectivity index (χ0v) is 15.3. The number of hydrogen-bond donors (Lipinski definition) is 2. The zero-order valence-electron chi connectivity index (χ0n) is 14.5. The fourth-order valence-corrected chi connectivity index (χ4v) is 2.42. The molecule has 0 fully saturated rings. The van der Waals surface area contributed by atoms with Crippen molar-refractivity contribution in [1.82, 2.24) is 5.32 Å². The highest BCUT2D eigenvalue weighted by Gasteiger charge is 2.27. The largest absolute Gasteiger partial charge is 0.480 e. The van der Waals surface area contributed by atoms with E-state index in [1.165, 1.54) is 0 Å². The van der Waals surface area contributed by atoms with Gasteiger partial charge in [-0.2, -0.15) is 0 Å². The Hall–Kier alpha value is -1.59. The predicted octanol–water partition coefficient (Wildman–Crippen LogP) is 3.06. The Bertz CT molecular complexity index is 493. The number of aryl methyl sites for hydroxylation is 1. The van der Waals surface area contributed by atoms with Gasteiger partial charge in [0.25, 0.3) is 0 Å². The van der Waals surface area contributed by atoms with E-state index in [1.807, 2.05) is 44.2 Å². The van der Waals surface area contributed by atoms with Gasteiger partial charge in [-0.25, -0.2) is 0 Å². The molecule has 2 N–H and O–H groups in total. The number of carboxylic acid groups (broad SMARTS) is 1. The minimum Gasteiger partial charge on any atom is -0.480 e. The molecule has 5 nitrogen and oxygen atoms in total. The Morgan fingerprint density at radius 1 is 1.17 bits per heavy atom. The second kappa shape index (κ2) is 11.9. The minimum absolute atomic E-state index is 0. The molecule has 24 heavy (non-hydrogen) atoms. The van der Waals surface area contributed by atoms with E-state index in [9.17, 15) is 14.7 Å². The molecule has 0 aromatic heterocycles. The van der Waals surface area contributed by atoms with E-state index in [4.69, 9.17) is 4.74 Å². The molecule has 0 unspecified atom stereocenters. The number of hydrogen-bond acceptors (Lipinski definition) is 4. The van der Waals surface area contributed by atoms with Crippen LogP contribution in [-0.4, -0.2) is 35.7 Å². The molecular weight excluding hydrogens is 330 g/mol. The molecule has 0 aliphatic carbocycles. The quantitative estimate of drug-likeness (QED) is 0.629. The SMILES string of the molecule is CCOC(=O)[C@@H](CCc1ccccc1)N[C@@H](CC(C)C)C(=O)O.Cl. The van der Waals surface area contributed by atoms with Gasteiger partial charge in [0.05, 0.1) is 6.61 Å². The fourth-order valence-electron chi connectivity index (χ4n) is 2.42. The van der Waals surface area contributed by atoms with Crippen LogP contribution in [0.15, 0.2) is 30.3 Å². The summed E-state index contributed by atoms with van der Waals surface area (Å²) in [5.74, 6) is -1.10. The summed E-state index contributed by atoms with van der Waals surface area (Å²) >= 11 is 0. The first-order valence-electron chi connectivity index (χ1n) is 8.13. The maximum atomic E-state index is 12.1. The van der Waals surface area contributed by atoms with Gasteiger partial charge in [0, 0.05) is 0 Å². The highest BCUT2D eigenvalue weighted by molar-refractivity contribution is 5.85. The van der Waals surface area contributed by atoms with Crippen molar-refractivity contribution in [3.63, 3.8) is 0 Å². The van der Waals surface area contributed by atoms with Crippen LogP contribution in [0.2, 0.25) is 0 Å². The van der Waals surface area contributed by atoms with Gasteiger partial charge in [-0.15, -0.1) is 12.4 Å². The van der Waals surface area contributed by atoms with Gasteiger partial charge >= 0.3 is 11.9 Å². The van der Waals surface area contributed by atoms with Crippen LogP contribution in [0.3, 0.4) is 0 Å². The Labute approximate surface area is 150 Å². The average molecular weight is 358 g/mol. The molecular formula is C18H28ClNO4. The fraction of sp³-hybridized carbons (Fsp3) is 0.556. The molecule has 0 spiro atoms. The molecule has 1 rings (SSSR count). The number of benzene rings is 1. The van der Waals surface area contributed by atoms with Crippen molar-refractivity contribution in [2.45, 2.75) is 52.1 Å². The van der Waals surface area contributed by atoms with Crippen molar-refractivity contribution < 1.29 is 19.4 Å². The van der Waals surface area contributed by atoms with Crippen LogP contribution in [0.1, 0.15) is 39.2 Å². The van der Waals surface area contributed by atoms with Crippen LogP contribution < -0.4 is 5.32 Å². The minimum atomic E-state index is -0.937. The van der Waals surface area contributed by atoms with E-state index in [0.717, 1.165) is 5.56 Å². The van der Waals surface area contributed by atoms with Gasteiger partial charge in [0.1, 0.15) is 12.1 Å². The summed E-state index contributed by atoms with van der Waals surface area (Å²) < 4.78 is 5.08. The molecule has 0 heterocycles. The Morgan fingerprint density at radius 3 is 2.29 bits per heavy atom. The van der Waals surface area contributed by atoms with Gasteiger partial charge in [0.2, 0.25) is 0 Å². The van der Waals surface area contributed by atoms with E-state index in [-0.39, 0.29) is 24.9 Å². The molecule has 0 aliphatic rings. The number of carbonyl (C=O) groups is 2. The maximum absolute atomic E-state index is 12.1. The number of nitrogens with one attached hydrogen (secondary N) is 1. The first-order valence-corrected chi connectivity index (χ1v) is 8.13. The lowest BCUT2D eigenvalue weighted by molar-refractivity contribution is -0.147. The predicted molar refractivity (Wildman–Crippen MR) is 96.4 cm³/mol. The first-order chi connectivity index (χ1) is 10.9. The zero-order chi connectivity index (χ0) is 17.2. The van der Waals surface area contributed by atoms with Gasteiger partial charge in [-0.3, -0.25) is 14.9 Å². The lowest BCUT2D eigenvalue weighted by Crippen LogP contribution is -2.48. The van der Waals surface area contributed by atoms with Crippen molar-refractivity contribution in [1.29, 1.82) is 0 Å². The van der Waals surface area contributed by atoms with Gasteiger partial charge < -0.3 is 9.84 Å². The number of carbonyl (C=O) groups excluding carboxylic acids is 1. The third kappa shape index (κ3) is 8.31. The van der Waals surface area contributed by atoms with E-state index in [0.29, 0.717) is 19.3 Å². The van der Waals surface area contributed by atoms with Crippen molar-refractivity contribution in [3.8, 4) is 0 Å². The Morgan fingerprint density at radius 2 is 1.79 bits per heavy atom. The number of aliphatic carboxylic acids is 1. The summed E-state index contributed by atoms with van der Waals surface area (Å²) in [5.41, 5.74) is 1.11. The van der Waals surface area contributed by atoms with Crippen LogP contribution in [0.4, 0.5) is 0 Å². The van der Waals surface area contributed by atoms with Crippen LogP contribution in [0, 0.1) is 5.92 Å². The van der Waals surface area contributed by atoms with Crippen LogP contribution in [-0.2, 0) is 20.7 Å².